The molecule has 0 radical (unpaired) electrons. The lowest BCUT2D eigenvalue weighted by atomic mass is 9.83. The molecule has 22 heavy (non-hydrogen) atoms. The second-order valence-electron chi connectivity index (χ2n) is 5.78. The Kier molecular flexibility index (Phi) is 4.07. The van der Waals surface area contributed by atoms with E-state index in [4.69, 9.17) is 4.74 Å². The molecular weight excluding hydrogens is 285 g/mol. The number of hydrogen-bond acceptors (Lipinski definition) is 4. The first kappa shape index (κ1) is 14.9. The molecule has 1 aromatic rings. The van der Waals surface area contributed by atoms with Gasteiger partial charge in [0, 0.05) is 18.5 Å². The molecule has 118 valence electrons. The lowest BCUT2D eigenvalue weighted by molar-refractivity contribution is 0.276. The van der Waals surface area contributed by atoms with Gasteiger partial charge in [0.2, 0.25) is 0 Å². The van der Waals surface area contributed by atoms with Gasteiger partial charge in [-0.05, 0) is 49.1 Å². The zero-order chi connectivity index (χ0) is 15.7. The largest absolute Gasteiger partial charge is 0.504 e. The highest BCUT2D eigenvalue weighted by molar-refractivity contribution is 5.43. The predicted octanol–water partition coefficient (Wildman–Crippen LogP) is 2.76. The summed E-state index contributed by atoms with van der Waals surface area (Å²) in [5.74, 6) is -0.212. The minimum Gasteiger partial charge on any atom is -0.504 e. The first-order chi connectivity index (χ1) is 10.6. The van der Waals surface area contributed by atoms with E-state index in [1.807, 2.05) is 0 Å². The van der Waals surface area contributed by atoms with Gasteiger partial charge in [-0.15, -0.1) is 0 Å². The van der Waals surface area contributed by atoms with Crippen LogP contribution in [0.1, 0.15) is 24.8 Å². The van der Waals surface area contributed by atoms with Crippen LogP contribution >= 0.6 is 0 Å². The number of benzene rings is 1. The molecule has 3 rings (SSSR count). The molecule has 1 atom stereocenters. The monoisotopic (exact) mass is 305 g/mol. The van der Waals surface area contributed by atoms with Gasteiger partial charge in [0.05, 0.1) is 12.9 Å². The Bertz CT molecular complexity index is 652. The van der Waals surface area contributed by atoms with Crippen molar-refractivity contribution in [3.63, 3.8) is 0 Å². The van der Waals surface area contributed by atoms with Crippen molar-refractivity contribution in [3.8, 4) is 11.5 Å². The van der Waals surface area contributed by atoms with E-state index in [1.54, 1.807) is 7.11 Å². The van der Waals surface area contributed by atoms with Crippen LogP contribution in [-0.2, 0) is 11.2 Å². The molecule has 4 nitrogen and oxygen atoms in total. The molecule has 2 aliphatic rings. The van der Waals surface area contributed by atoms with Crippen LogP contribution in [0.4, 0.5) is 4.39 Å². The number of ether oxygens (including phenoxy) is 1. The Morgan fingerprint density at radius 1 is 1.32 bits per heavy atom. The Balaban J connectivity index is 1.82. The molecule has 0 fully saturated rings. The molecule has 0 saturated heterocycles. The van der Waals surface area contributed by atoms with Crippen molar-refractivity contribution < 1.29 is 19.3 Å². The van der Waals surface area contributed by atoms with E-state index >= 15 is 0 Å². The van der Waals surface area contributed by atoms with E-state index < -0.39 is 11.6 Å². The van der Waals surface area contributed by atoms with Crippen LogP contribution in [0.25, 0.3) is 0 Å². The molecule has 0 unspecified atom stereocenters. The zero-order valence-corrected chi connectivity index (χ0v) is 12.5. The van der Waals surface area contributed by atoms with E-state index in [0.29, 0.717) is 12.0 Å². The Morgan fingerprint density at radius 2 is 2.09 bits per heavy atom. The van der Waals surface area contributed by atoms with Crippen molar-refractivity contribution in [3.05, 3.63) is 46.5 Å². The molecule has 1 aliphatic heterocycles. The van der Waals surface area contributed by atoms with Crippen LogP contribution in [0.15, 0.2) is 35.1 Å². The van der Waals surface area contributed by atoms with E-state index in [9.17, 15) is 14.6 Å². The molecule has 0 saturated carbocycles. The summed E-state index contributed by atoms with van der Waals surface area (Å²) >= 11 is 0. The summed E-state index contributed by atoms with van der Waals surface area (Å²) in [6.45, 7) is 0.853. The fraction of sp³-hybridized carbons (Fsp3) is 0.412. The third kappa shape index (κ3) is 2.81. The fourth-order valence-corrected chi connectivity index (χ4v) is 3.24. The standard InChI is InChI=1S/C17H20FNO3/c1-22-12-2-3-13-10(6-12)4-5-19-15(13)7-11-8-16(20)17(21)9-14(11)18/h2,8-9,15,19-21H,3-7H2,1H3/t15-/m1/s1. The quantitative estimate of drug-likeness (QED) is 0.593. The number of phenolic OH excluding ortho intramolecular Hbond substituents is 2. The van der Waals surface area contributed by atoms with Crippen LogP contribution in [0, 0.1) is 5.82 Å². The maximum absolute atomic E-state index is 14.0. The second-order valence-corrected chi connectivity index (χ2v) is 5.78. The number of allylic oxidation sites excluding steroid dienone is 2. The lowest BCUT2D eigenvalue weighted by Crippen LogP contribution is -2.39. The van der Waals surface area contributed by atoms with E-state index in [2.05, 4.69) is 11.4 Å². The molecule has 0 spiro atoms. The zero-order valence-electron chi connectivity index (χ0n) is 12.5. The van der Waals surface area contributed by atoms with Gasteiger partial charge in [-0.2, -0.15) is 0 Å². The topological polar surface area (TPSA) is 61.7 Å². The highest BCUT2D eigenvalue weighted by Crippen LogP contribution is 2.34. The summed E-state index contributed by atoms with van der Waals surface area (Å²) < 4.78 is 19.3. The molecule has 0 amide bonds. The Labute approximate surface area is 128 Å². The molecule has 0 aromatic heterocycles. The van der Waals surface area contributed by atoms with Gasteiger partial charge in [-0.25, -0.2) is 4.39 Å². The van der Waals surface area contributed by atoms with Gasteiger partial charge >= 0.3 is 0 Å². The molecule has 3 N–H and O–H groups in total. The Hall–Kier alpha value is -2.01. The van der Waals surface area contributed by atoms with Crippen LogP contribution < -0.4 is 5.32 Å². The van der Waals surface area contributed by atoms with Gasteiger partial charge in [0.15, 0.2) is 11.5 Å². The lowest BCUT2D eigenvalue weighted by Gasteiger charge is -2.32. The van der Waals surface area contributed by atoms with E-state index in [0.717, 1.165) is 37.6 Å². The average molecular weight is 305 g/mol. The number of phenols is 2. The maximum Gasteiger partial charge on any atom is 0.160 e. The van der Waals surface area contributed by atoms with Crippen LogP contribution in [0.3, 0.4) is 0 Å². The summed E-state index contributed by atoms with van der Waals surface area (Å²) in [5, 5.41) is 22.3. The molecule has 0 bridgehead atoms. The van der Waals surface area contributed by atoms with Crippen LogP contribution in [0.5, 0.6) is 11.5 Å². The fourth-order valence-electron chi connectivity index (χ4n) is 3.24. The highest BCUT2D eigenvalue weighted by Gasteiger charge is 2.26. The summed E-state index contributed by atoms with van der Waals surface area (Å²) in [7, 11) is 1.69. The normalized spacial score (nSPS) is 21.4. The highest BCUT2D eigenvalue weighted by atomic mass is 19.1. The van der Waals surface area contributed by atoms with E-state index in [-0.39, 0.29) is 11.8 Å². The summed E-state index contributed by atoms with van der Waals surface area (Å²) in [6, 6.07) is 2.32. The summed E-state index contributed by atoms with van der Waals surface area (Å²) in [4.78, 5) is 0. The number of methoxy groups -OCH3 is 1. The molecule has 1 aliphatic carbocycles. The number of halogens is 1. The smallest absolute Gasteiger partial charge is 0.160 e. The third-order valence-electron chi connectivity index (χ3n) is 4.46. The van der Waals surface area contributed by atoms with Gasteiger partial charge in [-0.1, -0.05) is 5.57 Å². The van der Waals surface area contributed by atoms with Gasteiger partial charge in [0.1, 0.15) is 5.82 Å². The van der Waals surface area contributed by atoms with Crippen molar-refractivity contribution in [1.29, 1.82) is 0 Å². The van der Waals surface area contributed by atoms with Crippen molar-refractivity contribution >= 4 is 0 Å². The number of hydrogen-bond donors (Lipinski definition) is 3. The average Bonchev–Trinajstić information content (AvgIpc) is 2.52. The first-order valence-electron chi connectivity index (χ1n) is 7.46. The Morgan fingerprint density at radius 3 is 2.86 bits per heavy atom. The number of aromatic hydroxyl groups is 2. The first-order valence-corrected chi connectivity index (χ1v) is 7.46. The van der Waals surface area contributed by atoms with Crippen molar-refractivity contribution in [2.75, 3.05) is 13.7 Å². The predicted molar refractivity (Wildman–Crippen MR) is 81.2 cm³/mol. The van der Waals surface area contributed by atoms with Gasteiger partial charge < -0.3 is 20.3 Å². The molecule has 5 heteroatoms. The maximum atomic E-state index is 14.0. The van der Waals surface area contributed by atoms with Crippen LogP contribution in [0.2, 0.25) is 0 Å². The van der Waals surface area contributed by atoms with Crippen molar-refractivity contribution in [1.82, 2.24) is 5.32 Å². The van der Waals surface area contributed by atoms with Gasteiger partial charge in [0.25, 0.3) is 0 Å². The van der Waals surface area contributed by atoms with Gasteiger partial charge in [-0.3, -0.25) is 0 Å². The third-order valence-corrected chi connectivity index (χ3v) is 4.46. The molecule has 1 heterocycles. The second kappa shape index (κ2) is 6.01. The minimum absolute atomic E-state index is 0.0526. The van der Waals surface area contributed by atoms with Crippen LogP contribution in [-0.4, -0.2) is 29.9 Å². The summed E-state index contributed by atoms with van der Waals surface area (Å²) in [6.07, 6.45) is 5.14. The molecular formula is C17H20FNO3. The number of rotatable bonds is 3. The van der Waals surface area contributed by atoms with E-state index in [1.165, 1.54) is 17.2 Å². The minimum atomic E-state index is -0.492. The van der Waals surface area contributed by atoms with Crippen molar-refractivity contribution in [2.24, 2.45) is 0 Å². The van der Waals surface area contributed by atoms with Crippen molar-refractivity contribution in [2.45, 2.75) is 31.7 Å². The summed E-state index contributed by atoms with van der Waals surface area (Å²) in [5.41, 5.74) is 3.06. The molecule has 1 aromatic carbocycles. The number of nitrogens with one attached hydrogen (secondary N) is 1. The SMILES string of the molecule is COC1=CCC2=C(CCN[C@@H]2Cc2cc(O)c(O)cc2F)C1.